The molecule has 39 heavy (non-hydrogen) atoms. The third-order valence-electron chi connectivity index (χ3n) is 4.31. The molecule has 0 bridgehead atoms. The van der Waals surface area contributed by atoms with Gasteiger partial charge < -0.3 is 13.7 Å². The first-order chi connectivity index (χ1) is 16.6. The van der Waals surface area contributed by atoms with E-state index in [4.69, 9.17) is 0 Å². The Kier molecular flexibility index (Phi) is 14.6. The van der Waals surface area contributed by atoms with Gasteiger partial charge in [0, 0.05) is 0 Å². The van der Waals surface area contributed by atoms with E-state index in [1.54, 1.807) is 0 Å². The maximum Gasteiger partial charge on any atom is 1.00 e. The van der Waals surface area contributed by atoms with Crippen LogP contribution >= 0.6 is 0 Å². The van der Waals surface area contributed by atoms with Crippen LogP contribution in [0.1, 0.15) is 0 Å². The third kappa shape index (κ3) is 10.2. The van der Waals surface area contributed by atoms with Crippen LogP contribution in [0.15, 0.2) is 89.1 Å². The predicted molar refractivity (Wildman–Crippen MR) is 116 cm³/mol. The van der Waals surface area contributed by atoms with E-state index in [2.05, 4.69) is 21.1 Å². The molecule has 0 fully saturated rings. The fourth-order valence-electron chi connectivity index (χ4n) is 2.60. The van der Waals surface area contributed by atoms with Crippen molar-refractivity contribution in [1.29, 1.82) is 0 Å². The number of hydrogen-bond acceptors (Lipinski definition) is 15. The summed E-state index contributed by atoms with van der Waals surface area (Å²) in [6.07, 6.45) is 0. The fraction of sp³-hybridized carbons (Fsp3) is 0. The number of nitrogens with one attached hydrogen (secondary N) is 2. The molecule has 0 unspecified atom stereocenters. The van der Waals surface area contributed by atoms with Gasteiger partial charge in [0.15, 0.2) is 5.36 Å². The molecule has 0 saturated carbocycles. The molecule has 3 aromatic rings. The van der Waals surface area contributed by atoms with Gasteiger partial charge in [-0.2, -0.15) is 10.2 Å². The Balaban J connectivity index is 0.00000481. The van der Waals surface area contributed by atoms with E-state index in [1.165, 1.54) is 0 Å². The molecule has 21 heteroatoms. The summed E-state index contributed by atoms with van der Waals surface area (Å²) in [5, 5.41) is 5.32. The zero-order valence-electron chi connectivity index (χ0n) is 20.3. The second-order valence-corrected chi connectivity index (χ2v) is 10.9. The number of nitrogens with zero attached hydrogens (tertiary/aromatic N) is 2. The van der Waals surface area contributed by atoms with Crippen molar-refractivity contribution < 1.29 is 128 Å². The number of anilines is 2. The van der Waals surface area contributed by atoms with Gasteiger partial charge in [-0.1, -0.05) is 0 Å². The van der Waals surface area contributed by atoms with E-state index in [0.29, 0.717) is 6.07 Å². The number of hydrogen-bond donors (Lipinski definition) is 2. The second kappa shape index (κ2) is 14.9. The van der Waals surface area contributed by atoms with Crippen LogP contribution in [-0.4, -0.2) is 38.9 Å². The van der Waals surface area contributed by atoms with Crippen LogP contribution in [0, 0.1) is 0 Å². The van der Waals surface area contributed by atoms with Gasteiger partial charge in [-0.05, 0) is 54.6 Å². The van der Waals surface area contributed by atoms with Gasteiger partial charge in [0.05, 0.1) is 21.2 Å². The van der Waals surface area contributed by atoms with Crippen molar-refractivity contribution in [3.8, 4) is 0 Å². The monoisotopic (exact) mass is 624 g/mol. The maximum absolute atomic E-state index is 12.7. The summed E-state index contributed by atoms with van der Waals surface area (Å²) in [4.78, 5) is 22.6. The van der Waals surface area contributed by atoms with Crippen molar-refractivity contribution in [1.82, 2.24) is 0 Å². The van der Waals surface area contributed by atoms with Crippen molar-refractivity contribution in [2.75, 3.05) is 10.9 Å². The van der Waals surface area contributed by atoms with E-state index in [9.17, 15) is 48.5 Å². The molecule has 0 aliphatic heterocycles. The molecular weight excluding hydrogens is 613 g/mol. The Morgan fingerprint density at radius 2 is 0.949 bits per heavy atom. The summed E-state index contributed by atoms with van der Waals surface area (Å²) in [6.45, 7) is 0. The molecule has 0 atom stereocenters. The van der Waals surface area contributed by atoms with E-state index in [0.717, 1.165) is 48.5 Å². The molecule has 0 amide bonds. The van der Waals surface area contributed by atoms with Crippen LogP contribution in [0.2, 0.25) is 0 Å². The van der Waals surface area contributed by atoms with Crippen molar-refractivity contribution in [3.05, 3.63) is 85.8 Å². The second-order valence-electron chi connectivity index (χ2n) is 6.76. The molecule has 0 radical (unpaired) electrons. The topological polar surface area (TPSA) is 255 Å². The fourth-order valence-corrected chi connectivity index (χ4v) is 4.12. The van der Waals surface area contributed by atoms with Crippen LogP contribution in [0.25, 0.3) is 0 Å². The standard InChI is InChI=1S/C18H14N4O11S3.3Na/c23-17-14(21-19-10-1-5-12(6-2-10)34(25,26)27)9-15(36(31,32)33)18(24)16(17)22-20-11-3-7-13(8-4-11)35(28,29)30;;;/h1-9,19-20H,(H,25,26,27)(H,28,29,30)(H,31,32,33);;;/q;3*+1/p-3/b21-14+,22-16+;;;. The first kappa shape index (κ1) is 38.2. The molecule has 0 spiro atoms. The quantitative estimate of drug-likeness (QED) is 0.141. The Hall–Kier alpha value is -0.810. The third-order valence-corrected chi connectivity index (χ3v) is 6.85. The minimum Gasteiger partial charge on any atom is -0.744 e. The minimum atomic E-state index is -5.38. The average molecular weight is 624 g/mol. The van der Waals surface area contributed by atoms with Crippen molar-refractivity contribution in [2.24, 2.45) is 10.2 Å². The Bertz CT molecular complexity index is 1890. The predicted octanol–water partition coefficient (Wildman–Crippen LogP) is -11.1. The SMILES string of the molecule is O=c1c(S(=O)(=O)[O-])c/c(=N\Nc2ccc(S(=O)(=O)[O-])cc2)c(=O)/c1=N\Nc1ccc(S(=O)(=O)[O-])cc1.[Na+].[Na+].[Na+]. The largest absolute Gasteiger partial charge is 1.00 e. The Morgan fingerprint density at radius 3 is 1.31 bits per heavy atom. The van der Waals surface area contributed by atoms with Gasteiger partial charge in [-0.15, -0.1) is 0 Å². The van der Waals surface area contributed by atoms with Gasteiger partial charge in [-0.25, -0.2) is 25.3 Å². The van der Waals surface area contributed by atoms with E-state index in [-0.39, 0.29) is 100 Å². The number of benzene rings is 3. The molecule has 2 N–H and O–H groups in total. The summed E-state index contributed by atoms with van der Waals surface area (Å²) in [5.74, 6) is 0. The number of rotatable bonds is 7. The molecule has 0 aromatic heterocycles. The summed E-state index contributed by atoms with van der Waals surface area (Å²) >= 11 is 0. The smallest absolute Gasteiger partial charge is 0.744 e. The van der Waals surface area contributed by atoms with Crippen molar-refractivity contribution in [2.45, 2.75) is 14.7 Å². The molecule has 3 aromatic carbocycles. The van der Waals surface area contributed by atoms with Gasteiger partial charge in [-0.3, -0.25) is 20.4 Å². The van der Waals surface area contributed by atoms with Crippen molar-refractivity contribution >= 4 is 41.7 Å². The first-order valence-corrected chi connectivity index (χ1v) is 13.4. The summed E-state index contributed by atoms with van der Waals surface area (Å²) < 4.78 is 100. The molecule has 15 nitrogen and oxygen atoms in total. The maximum atomic E-state index is 12.7. The van der Waals surface area contributed by atoms with E-state index in [1.807, 2.05) is 0 Å². The van der Waals surface area contributed by atoms with Gasteiger partial charge in [0.25, 0.3) is 0 Å². The molecule has 3 rings (SSSR count). The molecule has 0 aliphatic carbocycles. The van der Waals surface area contributed by atoms with E-state index < -0.39 is 66.6 Å². The van der Waals surface area contributed by atoms with Gasteiger partial charge >= 0.3 is 88.7 Å². The summed E-state index contributed by atoms with van der Waals surface area (Å²) in [7, 11) is -14.9. The van der Waals surface area contributed by atoms with Crippen LogP contribution in [0.4, 0.5) is 11.4 Å². The van der Waals surface area contributed by atoms with Crippen molar-refractivity contribution in [3.63, 3.8) is 0 Å². The zero-order chi connectivity index (χ0) is 26.9. The Morgan fingerprint density at radius 1 is 0.564 bits per heavy atom. The molecule has 0 saturated heterocycles. The van der Waals surface area contributed by atoms with Crippen LogP contribution in [0.3, 0.4) is 0 Å². The van der Waals surface area contributed by atoms with E-state index >= 15 is 0 Å². The summed E-state index contributed by atoms with van der Waals surface area (Å²) in [6, 6.07) is 8.43. The Labute approximate surface area is 287 Å². The normalized spacial score (nSPS) is 12.5. The average Bonchev–Trinajstić information content (AvgIpc) is 2.77. The molecule has 0 aliphatic rings. The van der Waals surface area contributed by atoms with Crippen LogP contribution in [0.5, 0.6) is 0 Å². The van der Waals surface area contributed by atoms with Gasteiger partial charge in [0.2, 0.25) is 10.9 Å². The van der Waals surface area contributed by atoms with Crippen LogP contribution < -0.4 is 121 Å². The molecular formula is C18H11N4Na3O11S3. The minimum absolute atomic E-state index is 0. The first-order valence-electron chi connectivity index (χ1n) is 9.14. The van der Waals surface area contributed by atoms with Crippen LogP contribution in [-0.2, 0) is 30.4 Å². The molecule has 0 heterocycles. The zero-order valence-corrected chi connectivity index (χ0v) is 28.8. The van der Waals surface area contributed by atoms with Gasteiger partial charge in [0.1, 0.15) is 40.6 Å². The summed E-state index contributed by atoms with van der Waals surface area (Å²) in [5.41, 5.74) is 1.76. The molecule has 190 valence electrons.